The van der Waals surface area contributed by atoms with Crippen LogP contribution in [0.2, 0.25) is 0 Å². The average molecular weight is 264 g/mol. The molecule has 1 aliphatic heterocycles. The Labute approximate surface area is 108 Å². The maximum atomic E-state index is 11.6. The van der Waals surface area contributed by atoms with Crippen molar-refractivity contribution in [3.8, 4) is 10.8 Å². The molecule has 1 unspecified atom stereocenters. The Morgan fingerprint density at radius 1 is 1.56 bits per heavy atom. The summed E-state index contributed by atoms with van der Waals surface area (Å²) < 4.78 is 6.78. The van der Waals surface area contributed by atoms with Gasteiger partial charge >= 0.3 is 5.97 Å². The number of carbonyl (C=O) groups is 1. The van der Waals surface area contributed by atoms with Crippen LogP contribution in [-0.4, -0.2) is 32.8 Å². The molecule has 3 heterocycles. The molecule has 0 N–H and O–H groups in total. The second-order valence-electron chi connectivity index (χ2n) is 4.15. The van der Waals surface area contributed by atoms with Gasteiger partial charge in [0.1, 0.15) is 5.82 Å². The highest BCUT2D eigenvalue weighted by molar-refractivity contribution is 7.13. The fourth-order valence-electron chi connectivity index (χ4n) is 2.18. The number of hydrogen-bond acceptors (Lipinski definition) is 6. The van der Waals surface area contributed by atoms with Gasteiger partial charge in [-0.2, -0.15) is 0 Å². The van der Waals surface area contributed by atoms with Crippen LogP contribution in [0, 0.1) is 5.92 Å². The second kappa shape index (κ2) is 4.49. The molecule has 7 heteroatoms. The van der Waals surface area contributed by atoms with Crippen LogP contribution in [0.3, 0.4) is 0 Å². The minimum atomic E-state index is -0.167. The van der Waals surface area contributed by atoms with Crippen LogP contribution >= 0.6 is 11.3 Å². The summed E-state index contributed by atoms with van der Waals surface area (Å²) in [5.74, 6) is 1.38. The van der Waals surface area contributed by atoms with E-state index in [4.69, 9.17) is 4.74 Å². The van der Waals surface area contributed by atoms with Crippen molar-refractivity contribution in [1.82, 2.24) is 19.7 Å². The van der Waals surface area contributed by atoms with E-state index in [-0.39, 0.29) is 11.9 Å². The van der Waals surface area contributed by atoms with Crippen LogP contribution in [-0.2, 0) is 22.5 Å². The fourth-order valence-corrected chi connectivity index (χ4v) is 2.81. The molecule has 0 aliphatic carbocycles. The third kappa shape index (κ3) is 1.80. The van der Waals surface area contributed by atoms with E-state index in [0.717, 1.165) is 29.5 Å². The van der Waals surface area contributed by atoms with Crippen LogP contribution in [0.15, 0.2) is 11.6 Å². The Bertz CT molecular complexity index is 564. The molecule has 0 radical (unpaired) electrons. The molecule has 18 heavy (non-hydrogen) atoms. The molecule has 1 atom stereocenters. The first-order chi connectivity index (χ1) is 8.79. The van der Waals surface area contributed by atoms with Gasteiger partial charge in [-0.05, 0) is 6.42 Å². The highest BCUT2D eigenvalue weighted by Crippen LogP contribution is 2.27. The zero-order valence-electron chi connectivity index (χ0n) is 9.87. The predicted octanol–water partition coefficient (Wildman–Crippen LogP) is 1.14. The summed E-state index contributed by atoms with van der Waals surface area (Å²) in [7, 11) is 1.42. The molecule has 0 bridgehead atoms. The zero-order valence-corrected chi connectivity index (χ0v) is 10.7. The molecular weight excluding hydrogens is 252 g/mol. The van der Waals surface area contributed by atoms with E-state index in [0.29, 0.717) is 6.54 Å². The van der Waals surface area contributed by atoms with Crippen molar-refractivity contribution in [2.45, 2.75) is 19.4 Å². The van der Waals surface area contributed by atoms with Gasteiger partial charge in [-0.1, -0.05) is 0 Å². The lowest BCUT2D eigenvalue weighted by atomic mass is 9.99. The number of fused-ring (bicyclic) bond motifs is 1. The largest absolute Gasteiger partial charge is 0.469 e. The van der Waals surface area contributed by atoms with Gasteiger partial charge in [-0.15, -0.1) is 21.5 Å². The summed E-state index contributed by atoms with van der Waals surface area (Å²) in [6, 6.07) is 0. The van der Waals surface area contributed by atoms with Gasteiger partial charge in [-0.3, -0.25) is 4.79 Å². The van der Waals surface area contributed by atoms with Gasteiger partial charge < -0.3 is 9.30 Å². The third-order valence-corrected chi connectivity index (χ3v) is 3.87. The summed E-state index contributed by atoms with van der Waals surface area (Å²) in [6.07, 6.45) is 3.25. The zero-order chi connectivity index (χ0) is 12.5. The van der Waals surface area contributed by atoms with Crippen LogP contribution in [0.25, 0.3) is 10.8 Å². The monoisotopic (exact) mass is 264 g/mol. The first kappa shape index (κ1) is 11.3. The maximum absolute atomic E-state index is 11.6. The Morgan fingerprint density at radius 3 is 3.17 bits per heavy atom. The summed E-state index contributed by atoms with van der Waals surface area (Å²) in [5.41, 5.74) is 0. The van der Waals surface area contributed by atoms with E-state index in [9.17, 15) is 4.79 Å². The highest BCUT2D eigenvalue weighted by atomic mass is 32.1. The van der Waals surface area contributed by atoms with Crippen molar-refractivity contribution in [2.24, 2.45) is 5.92 Å². The highest BCUT2D eigenvalue weighted by Gasteiger charge is 2.29. The maximum Gasteiger partial charge on any atom is 0.310 e. The molecule has 3 rings (SSSR count). The smallest absolute Gasteiger partial charge is 0.310 e. The van der Waals surface area contributed by atoms with E-state index < -0.39 is 0 Å². The molecule has 94 valence electrons. The molecule has 0 saturated carbocycles. The van der Waals surface area contributed by atoms with E-state index >= 15 is 0 Å². The molecule has 0 spiro atoms. The van der Waals surface area contributed by atoms with Crippen LogP contribution in [0.4, 0.5) is 0 Å². The molecule has 0 aromatic carbocycles. The van der Waals surface area contributed by atoms with Crippen LogP contribution in [0.1, 0.15) is 12.2 Å². The molecule has 2 aromatic heterocycles. The number of ether oxygens (including phenoxy) is 1. The number of esters is 1. The Morgan fingerprint density at radius 2 is 2.44 bits per heavy atom. The van der Waals surface area contributed by atoms with Crippen LogP contribution in [0.5, 0.6) is 0 Å². The minimum Gasteiger partial charge on any atom is -0.469 e. The number of aromatic nitrogens is 4. The first-order valence-corrected chi connectivity index (χ1v) is 6.57. The van der Waals surface area contributed by atoms with E-state index in [1.807, 2.05) is 9.95 Å². The van der Waals surface area contributed by atoms with Crippen molar-refractivity contribution in [3.05, 3.63) is 17.4 Å². The second-order valence-corrected chi connectivity index (χ2v) is 5.04. The van der Waals surface area contributed by atoms with E-state index in [2.05, 4.69) is 15.2 Å². The minimum absolute atomic E-state index is 0.114. The molecule has 6 nitrogen and oxygen atoms in total. The van der Waals surface area contributed by atoms with Crippen molar-refractivity contribution >= 4 is 17.3 Å². The standard InChI is InChI=1S/C11H12N4O2S/c1-17-11(16)7-2-3-8-13-14-9(15(8)6-7)10-12-4-5-18-10/h4-5,7H,2-3,6H2,1H3. The molecule has 2 aromatic rings. The van der Waals surface area contributed by atoms with Crippen molar-refractivity contribution in [3.63, 3.8) is 0 Å². The lowest BCUT2D eigenvalue weighted by Gasteiger charge is -2.21. The van der Waals surface area contributed by atoms with Crippen molar-refractivity contribution in [1.29, 1.82) is 0 Å². The predicted molar refractivity (Wildman–Crippen MR) is 65.0 cm³/mol. The van der Waals surface area contributed by atoms with Gasteiger partial charge in [0.25, 0.3) is 0 Å². The Hall–Kier alpha value is -1.76. The lowest BCUT2D eigenvalue weighted by Crippen LogP contribution is -2.28. The Kier molecular flexibility index (Phi) is 2.83. The van der Waals surface area contributed by atoms with Gasteiger partial charge in [0.05, 0.1) is 13.0 Å². The van der Waals surface area contributed by atoms with Gasteiger partial charge in [0.2, 0.25) is 0 Å². The normalized spacial score (nSPS) is 18.4. The number of hydrogen-bond donors (Lipinski definition) is 0. The third-order valence-electron chi connectivity index (χ3n) is 3.10. The molecular formula is C11H12N4O2S. The van der Waals surface area contributed by atoms with Gasteiger partial charge in [0, 0.05) is 24.5 Å². The van der Waals surface area contributed by atoms with E-state index in [1.54, 1.807) is 6.20 Å². The van der Waals surface area contributed by atoms with E-state index in [1.165, 1.54) is 18.4 Å². The number of rotatable bonds is 2. The quantitative estimate of drug-likeness (QED) is 0.761. The fraction of sp³-hybridized carbons (Fsp3) is 0.455. The number of methoxy groups -OCH3 is 1. The SMILES string of the molecule is COC(=O)C1CCc2nnc(-c3nccs3)n2C1. The lowest BCUT2D eigenvalue weighted by molar-refractivity contribution is -0.146. The van der Waals surface area contributed by atoms with Crippen molar-refractivity contribution < 1.29 is 9.53 Å². The topological polar surface area (TPSA) is 69.9 Å². The molecule has 0 saturated heterocycles. The number of nitrogens with zero attached hydrogens (tertiary/aromatic N) is 4. The summed E-state index contributed by atoms with van der Waals surface area (Å²) >= 11 is 1.52. The molecule has 0 fully saturated rings. The van der Waals surface area contributed by atoms with Gasteiger partial charge in [-0.25, -0.2) is 4.98 Å². The first-order valence-electron chi connectivity index (χ1n) is 5.69. The number of aryl methyl sites for hydroxylation is 1. The molecule has 1 aliphatic rings. The summed E-state index contributed by atoms with van der Waals surface area (Å²) in [5, 5.41) is 11.1. The number of thiazole rings is 1. The van der Waals surface area contributed by atoms with Crippen LogP contribution < -0.4 is 0 Å². The average Bonchev–Trinajstić information content (AvgIpc) is 3.05. The Balaban J connectivity index is 1.94. The van der Waals surface area contributed by atoms with Gasteiger partial charge in [0.15, 0.2) is 10.8 Å². The summed E-state index contributed by atoms with van der Waals surface area (Å²) in [4.78, 5) is 15.8. The molecule has 0 amide bonds. The van der Waals surface area contributed by atoms with Crippen molar-refractivity contribution in [2.75, 3.05) is 7.11 Å². The summed E-state index contributed by atoms with van der Waals surface area (Å²) in [6.45, 7) is 0.573. The number of carbonyl (C=O) groups excluding carboxylic acids is 1.